The van der Waals surface area contributed by atoms with Gasteiger partial charge in [-0.25, -0.2) is 9.78 Å². The number of hydrogen-bond donors (Lipinski definition) is 3. The van der Waals surface area contributed by atoms with Gasteiger partial charge in [0.1, 0.15) is 17.3 Å². The molecule has 1 spiro atoms. The first-order valence-electron chi connectivity index (χ1n) is 14.7. The summed E-state index contributed by atoms with van der Waals surface area (Å²) in [6.07, 6.45) is 3.45. The maximum absolute atomic E-state index is 15.1. The van der Waals surface area contributed by atoms with Gasteiger partial charge in [-0.2, -0.15) is 0 Å². The number of imidazole rings is 1. The van der Waals surface area contributed by atoms with Crippen LogP contribution in [0.2, 0.25) is 0 Å². The highest BCUT2D eigenvalue weighted by Gasteiger charge is 2.84. The molecule has 2 saturated carbocycles. The lowest BCUT2D eigenvalue weighted by atomic mass is 9.57. The lowest BCUT2D eigenvalue weighted by Crippen LogP contribution is -2.70. The molecular formula is C32H40N4O6. The Hall–Kier alpha value is -2.89. The molecule has 0 amide bonds. The number of aliphatic hydroxyl groups is 1. The van der Waals surface area contributed by atoms with E-state index in [4.69, 9.17) is 25.7 Å². The molecule has 224 valence electrons. The van der Waals surface area contributed by atoms with Crippen LogP contribution in [0.5, 0.6) is 0 Å². The molecule has 8 unspecified atom stereocenters. The number of Topliss-reactive ketones (excluding diaryl/α,β-unsaturated/α-hetero) is 1. The molecule has 4 aliphatic carbocycles. The third-order valence-corrected chi connectivity index (χ3v) is 11.2. The van der Waals surface area contributed by atoms with E-state index in [9.17, 15) is 9.90 Å². The molecule has 1 aliphatic heterocycles. The predicted molar refractivity (Wildman–Crippen MR) is 153 cm³/mol. The van der Waals surface area contributed by atoms with Gasteiger partial charge in [-0.1, -0.05) is 39.0 Å². The molecule has 5 N–H and O–H groups in total. The third-order valence-electron chi connectivity index (χ3n) is 11.2. The number of hydrogen-bond acceptors (Lipinski definition) is 9. The number of ether oxygens (including phenoxy) is 3. The van der Waals surface area contributed by atoms with E-state index in [1.807, 2.05) is 26.8 Å². The minimum atomic E-state index is -2.02. The Bertz CT molecular complexity index is 1640. The Balaban J connectivity index is 1.43. The molecule has 1 saturated heterocycles. The number of fused-ring (bicyclic) bond motifs is 6. The summed E-state index contributed by atoms with van der Waals surface area (Å²) in [4.78, 5) is 33.6. The molecule has 0 radical (unpaired) electrons. The highest BCUT2D eigenvalue weighted by atomic mass is 16.7. The van der Waals surface area contributed by atoms with Gasteiger partial charge < -0.3 is 30.8 Å². The summed E-state index contributed by atoms with van der Waals surface area (Å²) < 4.78 is 20.5. The van der Waals surface area contributed by atoms with E-state index in [1.165, 1.54) is 0 Å². The summed E-state index contributed by atoms with van der Waals surface area (Å²) in [6.45, 7) is 13.2. The van der Waals surface area contributed by atoms with E-state index in [2.05, 4.69) is 4.98 Å². The van der Waals surface area contributed by atoms with Crippen molar-refractivity contribution in [3.8, 4) is 0 Å². The molecular weight excluding hydrogens is 536 g/mol. The van der Waals surface area contributed by atoms with Crippen molar-refractivity contribution in [1.29, 1.82) is 0 Å². The fourth-order valence-electron chi connectivity index (χ4n) is 9.30. The second-order valence-corrected chi connectivity index (χ2v) is 14.3. The van der Waals surface area contributed by atoms with Crippen molar-refractivity contribution in [3.63, 3.8) is 0 Å². The highest BCUT2D eigenvalue weighted by Crippen LogP contribution is 2.73. The van der Waals surface area contributed by atoms with Crippen molar-refractivity contribution in [3.05, 3.63) is 59.1 Å². The first kappa shape index (κ1) is 27.9. The number of nitrogens with zero attached hydrogens (tertiary/aromatic N) is 2. The van der Waals surface area contributed by atoms with Crippen molar-refractivity contribution in [2.45, 2.75) is 89.6 Å². The van der Waals surface area contributed by atoms with E-state index in [-0.39, 0.29) is 24.0 Å². The zero-order chi connectivity index (χ0) is 30.4. The number of carbonyl (C=O) groups excluding carboxylic acids is 2. The van der Waals surface area contributed by atoms with Crippen LogP contribution in [0, 0.1) is 29.6 Å². The van der Waals surface area contributed by atoms with E-state index in [1.54, 1.807) is 62.6 Å². The van der Waals surface area contributed by atoms with Crippen molar-refractivity contribution < 1.29 is 28.9 Å². The van der Waals surface area contributed by atoms with Crippen molar-refractivity contribution >= 4 is 17.4 Å². The Kier molecular flexibility index (Phi) is 5.30. The number of aromatic nitrogens is 2. The van der Waals surface area contributed by atoms with Crippen LogP contribution in [0.4, 0.5) is 0 Å². The average Bonchev–Trinajstić information content (AvgIpc) is 3.12. The van der Waals surface area contributed by atoms with Crippen LogP contribution in [0.1, 0.15) is 64.1 Å². The molecule has 7 rings (SSSR count). The number of esters is 1. The first-order chi connectivity index (χ1) is 19.5. The number of pyridine rings is 1. The normalized spacial score (nSPS) is 42.9. The number of aryl methyl sites for hydroxylation is 1. The molecule has 10 nitrogen and oxygen atoms in total. The Morgan fingerprint density at radius 1 is 1.17 bits per heavy atom. The highest BCUT2D eigenvalue weighted by molar-refractivity contribution is 6.02. The van der Waals surface area contributed by atoms with Gasteiger partial charge in [0.2, 0.25) is 0 Å². The van der Waals surface area contributed by atoms with Crippen molar-refractivity contribution in [1.82, 2.24) is 9.38 Å². The van der Waals surface area contributed by atoms with Crippen LogP contribution in [0.25, 0.3) is 5.65 Å². The zero-order valence-electron chi connectivity index (χ0n) is 25.2. The lowest BCUT2D eigenvalue weighted by Gasteiger charge is -2.53. The molecule has 3 heterocycles. The second-order valence-electron chi connectivity index (χ2n) is 14.3. The van der Waals surface area contributed by atoms with Crippen LogP contribution in [0.3, 0.4) is 0 Å². The van der Waals surface area contributed by atoms with E-state index in [0.717, 1.165) is 0 Å². The van der Waals surface area contributed by atoms with E-state index < -0.39 is 57.4 Å². The summed E-state index contributed by atoms with van der Waals surface area (Å²) in [5.74, 6) is -2.90. The average molecular weight is 577 g/mol. The van der Waals surface area contributed by atoms with Crippen molar-refractivity contribution in [2.75, 3.05) is 6.61 Å². The topological polar surface area (TPSA) is 151 Å². The quantitative estimate of drug-likeness (QED) is 0.362. The number of nitrogens with two attached hydrogens (primary N) is 2. The SMILES string of the molecule is CC1=CC23C(=O)C(N)(C=C4COC(C)(C)OC4C2(O)C1OC(=O)c1c(C)nc2ccccn12)C1C(C)(C)C1(N)CC3C. The van der Waals surface area contributed by atoms with Gasteiger partial charge in [-0.3, -0.25) is 9.20 Å². The molecule has 2 aromatic rings. The van der Waals surface area contributed by atoms with Gasteiger partial charge in [-0.15, -0.1) is 0 Å². The van der Waals surface area contributed by atoms with Crippen LogP contribution < -0.4 is 11.5 Å². The van der Waals surface area contributed by atoms with E-state index in [0.29, 0.717) is 28.9 Å². The molecule has 10 heteroatoms. The predicted octanol–water partition coefficient (Wildman–Crippen LogP) is 2.60. The lowest BCUT2D eigenvalue weighted by molar-refractivity contribution is -0.302. The molecule has 2 bridgehead atoms. The van der Waals surface area contributed by atoms with Gasteiger partial charge in [0.15, 0.2) is 29.0 Å². The van der Waals surface area contributed by atoms with Gasteiger partial charge in [-0.05, 0) is 68.7 Å². The Labute approximate surface area is 245 Å². The van der Waals surface area contributed by atoms with Crippen LogP contribution in [-0.4, -0.2) is 67.5 Å². The molecule has 42 heavy (non-hydrogen) atoms. The van der Waals surface area contributed by atoms with E-state index >= 15 is 4.79 Å². The maximum atomic E-state index is 15.1. The Morgan fingerprint density at radius 3 is 2.60 bits per heavy atom. The molecule has 0 aromatic carbocycles. The van der Waals surface area contributed by atoms with Gasteiger partial charge in [0.05, 0.1) is 17.7 Å². The summed E-state index contributed by atoms with van der Waals surface area (Å²) in [5, 5.41) is 13.3. The number of rotatable bonds is 2. The smallest absolute Gasteiger partial charge is 0.357 e. The summed E-state index contributed by atoms with van der Waals surface area (Å²) in [6, 6.07) is 5.44. The van der Waals surface area contributed by atoms with Crippen molar-refractivity contribution in [2.24, 2.45) is 34.1 Å². The Morgan fingerprint density at radius 2 is 1.88 bits per heavy atom. The minimum Gasteiger partial charge on any atom is -0.450 e. The third kappa shape index (κ3) is 3.04. The fraction of sp³-hybridized carbons (Fsp3) is 0.594. The molecule has 5 aliphatic rings. The standard InChI is InChI=1S/C32H40N4O6/c1-16-12-29-17(2)13-31(34)25(27(31,4)5)30(33,26(29)38)14-19-15-40-28(6,7)42-23(19)32(29,39)22(16)41-24(37)21-18(3)35-20-10-8-9-11-36(20)21/h8-12,14,17,22-23,25,39H,13,15,33-34H2,1-7H3. The van der Waals surface area contributed by atoms with Gasteiger partial charge in [0.25, 0.3) is 0 Å². The molecule has 3 fully saturated rings. The van der Waals surface area contributed by atoms with Gasteiger partial charge >= 0.3 is 5.97 Å². The summed E-state index contributed by atoms with van der Waals surface area (Å²) in [7, 11) is 0. The number of carbonyl (C=O) groups is 2. The van der Waals surface area contributed by atoms with Crippen LogP contribution in [-0.2, 0) is 19.0 Å². The van der Waals surface area contributed by atoms with Gasteiger partial charge in [0, 0.05) is 17.7 Å². The van der Waals surface area contributed by atoms with Crippen LogP contribution in [0.15, 0.2) is 47.7 Å². The molecule has 8 atom stereocenters. The fourth-order valence-corrected chi connectivity index (χ4v) is 9.30. The largest absolute Gasteiger partial charge is 0.450 e. The summed E-state index contributed by atoms with van der Waals surface area (Å²) in [5.41, 5.74) is 10.5. The van der Waals surface area contributed by atoms with Crippen LogP contribution >= 0.6 is 0 Å². The molecule has 2 aromatic heterocycles. The number of ketones is 1. The first-order valence-corrected chi connectivity index (χ1v) is 14.7. The maximum Gasteiger partial charge on any atom is 0.357 e. The summed E-state index contributed by atoms with van der Waals surface area (Å²) >= 11 is 0. The minimum absolute atomic E-state index is 0.0907. The zero-order valence-corrected chi connectivity index (χ0v) is 25.2. The second kappa shape index (κ2) is 7.98. The monoisotopic (exact) mass is 576 g/mol.